The van der Waals surface area contributed by atoms with Gasteiger partial charge in [0, 0.05) is 25.7 Å². The van der Waals surface area contributed by atoms with Gasteiger partial charge in [0.25, 0.3) is 0 Å². The fourth-order valence-corrected chi connectivity index (χ4v) is 15.7. The highest BCUT2D eigenvalue weighted by Crippen LogP contribution is 2.45. The van der Waals surface area contributed by atoms with Gasteiger partial charge in [-0.05, 0) is 37.5 Å². The Morgan fingerprint density at radius 1 is 0.266 bits per heavy atom. The zero-order valence-electron chi connectivity index (χ0n) is 71.9. The maximum absolute atomic E-state index is 13.2. The van der Waals surface area contributed by atoms with Crippen molar-refractivity contribution >= 4 is 39.5 Å². The standard InChI is InChI=1S/C90H176O17P2/c1-7-10-12-14-16-18-20-22-24-26-28-30-32-34-36-40-44-48-56-62-68-74-89(94)106-85(78-100-87(92)72-66-60-54-47-43-39-35-33-31-29-27-25-23-21-19-17-15-13-11-8-2)80-104-108(96,97)102-76-84(91)77-103-109(98,99)105-81-86(79-101-88(93)73-67-61-55-51-50-53-59-65-71-83(6)9-3)107-90(95)75-69-63-57-49-45-41-37-38-42-46-52-58-64-70-82(4)5/h82-86,91H,7-81H2,1-6H3,(H,96,97)(H,98,99)/t83?,84-,85-,86-/m1/s1. The van der Waals surface area contributed by atoms with Crippen LogP contribution in [0.25, 0.3) is 0 Å². The van der Waals surface area contributed by atoms with E-state index in [0.29, 0.717) is 25.7 Å². The van der Waals surface area contributed by atoms with Crippen molar-refractivity contribution in [3.63, 3.8) is 0 Å². The van der Waals surface area contributed by atoms with Crippen LogP contribution >= 0.6 is 15.6 Å². The third kappa shape index (κ3) is 82.4. The number of rotatable bonds is 89. The van der Waals surface area contributed by atoms with E-state index in [2.05, 4.69) is 41.5 Å². The summed E-state index contributed by atoms with van der Waals surface area (Å²) in [4.78, 5) is 73.4. The summed E-state index contributed by atoms with van der Waals surface area (Å²) in [6.45, 7) is 9.71. The van der Waals surface area contributed by atoms with Gasteiger partial charge in [-0.2, -0.15) is 0 Å². The Morgan fingerprint density at radius 3 is 0.697 bits per heavy atom. The highest BCUT2D eigenvalue weighted by molar-refractivity contribution is 7.47. The maximum atomic E-state index is 13.2. The number of aliphatic hydroxyl groups excluding tert-OH is 1. The first-order chi connectivity index (χ1) is 52.9. The average Bonchev–Trinajstić information content (AvgIpc) is 0.899. The lowest BCUT2D eigenvalue weighted by molar-refractivity contribution is -0.161. The number of ether oxygens (including phenoxy) is 4. The Morgan fingerprint density at radius 2 is 0.468 bits per heavy atom. The predicted molar refractivity (Wildman–Crippen MR) is 451 cm³/mol. The SMILES string of the molecule is CCCCCCCCCCCCCCCCCCCCCCCC(=O)O[C@H](COC(=O)CCCCCCCCCCCCCCCCCCCCCC)COP(=O)(O)OC[C@@H](O)COP(=O)(O)OC[C@@H](COC(=O)CCCCCCCCCCC(C)CC)OC(=O)CCCCCCCCCCCCCCCC(C)C. The zero-order chi connectivity index (χ0) is 79.9. The van der Waals surface area contributed by atoms with Crippen LogP contribution in [-0.4, -0.2) is 96.7 Å². The highest BCUT2D eigenvalue weighted by Gasteiger charge is 2.31. The Balaban J connectivity index is 5.25. The van der Waals surface area contributed by atoms with E-state index in [-0.39, 0.29) is 25.7 Å². The van der Waals surface area contributed by atoms with Gasteiger partial charge in [-0.15, -0.1) is 0 Å². The van der Waals surface area contributed by atoms with E-state index in [9.17, 15) is 43.2 Å². The first kappa shape index (κ1) is 107. The third-order valence-corrected chi connectivity index (χ3v) is 23.5. The van der Waals surface area contributed by atoms with Gasteiger partial charge in [0.05, 0.1) is 26.4 Å². The van der Waals surface area contributed by atoms with Crippen molar-refractivity contribution in [1.82, 2.24) is 0 Å². The number of unbranched alkanes of at least 4 members (excludes halogenated alkanes) is 58. The van der Waals surface area contributed by atoms with E-state index >= 15 is 0 Å². The molecule has 0 rings (SSSR count). The summed E-state index contributed by atoms with van der Waals surface area (Å²) in [6.07, 6.45) is 75.1. The van der Waals surface area contributed by atoms with Gasteiger partial charge in [0.15, 0.2) is 12.2 Å². The van der Waals surface area contributed by atoms with Crippen LogP contribution in [0.1, 0.15) is 485 Å². The minimum Gasteiger partial charge on any atom is -0.462 e. The second kappa shape index (κ2) is 81.2. The summed E-state index contributed by atoms with van der Waals surface area (Å²) in [5.74, 6) is -0.534. The number of carbonyl (C=O) groups excluding carboxylic acids is 4. The molecule has 3 N–H and O–H groups in total. The minimum atomic E-state index is -4.97. The number of esters is 4. The Kier molecular flexibility index (Phi) is 79.8. The number of phosphoric acid groups is 2. The lowest BCUT2D eigenvalue weighted by Crippen LogP contribution is -2.30. The highest BCUT2D eigenvalue weighted by atomic mass is 31.2. The van der Waals surface area contributed by atoms with Crippen LogP contribution in [0.5, 0.6) is 0 Å². The Hall–Kier alpha value is -1.94. The molecule has 19 heteroatoms. The summed E-state index contributed by atoms with van der Waals surface area (Å²) < 4.78 is 69.1. The first-order valence-electron chi connectivity index (χ1n) is 46.5. The molecule has 0 aliphatic heterocycles. The topological polar surface area (TPSA) is 237 Å². The fourth-order valence-electron chi connectivity index (χ4n) is 14.1. The molecule has 0 saturated heterocycles. The molecular formula is C90H176O17P2. The third-order valence-electron chi connectivity index (χ3n) is 21.6. The molecule has 0 aromatic carbocycles. The van der Waals surface area contributed by atoms with Crippen LogP contribution in [-0.2, 0) is 65.4 Å². The van der Waals surface area contributed by atoms with Gasteiger partial charge in [-0.1, -0.05) is 433 Å². The van der Waals surface area contributed by atoms with Crippen LogP contribution in [0.2, 0.25) is 0 Å². The second-order valence-corrected chi connectivity index (χ2v) is 36.0. The smallest absolute Gasteiger partial charge is 0.462 e. The van der Waals surface area contributed by atoms with E-state index in [1.54, 1.807) is 0 Å². The normalized spacial score (nSPS) is 14.0. The second-order valence-electron chi connectivity index (χ2n) is 33.1. The molecule has 0 spiro atoms. The van der Waals surface area contributed by atoms with Gasteiger partial charge in [0.1, 0.15) is 19.3 Å². The Bertz CT molecular complexity index is 2080. The summed E-state index contributed by atoms with van der Waals surface area (Å²) in [5, 5.41) is 10.7. The lowest BCUT2D eigenvalue weighted by Gasteiger charge is -2.21. The average molecular weight is 1590 g/mol. The van der Waals surface area contributed by atoms with Crippen molar-refractivity contribution in [2.75, 3.05) is 39.6 Å². The van der Waals surface area contributed by atoms with E-state index in [1.807, 2.05) is 0 Å². The molecule has 0 fully saturated rings. The molecule has 0 heterocycles. The van der Waals surface area contributed by atoms with Crippen molar-refractivity contribution in [1.29, 1.82) is 0 Å². The molecule has 0 bridgehead atoms. The van der Waals surface area contributed by atoms with Crippen LogP contribution in [0.3, 0.4) is 0 Å². The van der Waals surface area contributed by atoms with E-state index in [1.165, 1.54) is 302 Å². The van der Waals surface area contributed by atoms with Crippen LogP contribution in [0, 0.1) is 11.8 Å². The van der Waals surface area contributed by atoms with Gasteiger partial charge >= 0.3 is 39.5 Å². The molecule has 648 valence electrons. The Labute approximate surface area is 670 Å². The van der Waals surface area contributed by atoms with Crippen molar-refractivity contribution in [3.8, 4) is 0 Å². The summed E-state index contributed by atoms with van der Waals surface area (Å²) >= 11 is 0. The summed E-state index contributed by atoms with van der Waals surface area (Å²) in [7, 11) is -9.94. The predicted octanol–water partition coefficient (Wildman–Crippen LogP) is 27.8. The number of hydrogen-bond acceptors (Lipinski definition) is 15. The van der Waals surface area contributed by atoms with Crippen LogP contribution in [0.15, 0.2) is 0 Å². The molecule has 6 atom stereocenters. The van der Waals surface area contributed by atoms with Crippen molar-refractivity contribution in [2.45, 2.75) is 503 Å². The molecule has 17 nitrogen and oxygen atoms in total. The van der Waals surface area contributed by atoms with Gasteiger partial charge < -0.3 is 33.8 Å². The van der Waals surface area contributed by atoms with Crippen LogP contribution in [0.4, 0.5) is 0 Å². The maximum Gasteiger partial charge on any atom is 0.472 e. The van der Waals surface area contributed by atoms with Gasteiger partial charge in [-0.25, -0.2) is 9.13 Å². The molecule has 0 saturated carbocycles. The first-order valence-corrected chi connectivity index (χ1v) is 49.5. The number of aliphatic hydroxyl groups is 1. The number of phosphoric ester groups is 2. The lowest BCUT2D eigenvalue weighted by atomic mass is 9.99. The molecular weight excluding hydrogens is 1410 g/mol. The minimum absolute atomic E-state index is 0.107. The molecule has 109 heavy (non-hydrogen) atoms. The summed E-state index contributed by atoms with van der Waals surface area (Å²) in [6, 6.07) is 0. The van der Waals surface area contributed by atoms with E-state index in [0.717, 1.165) is 102 Å². The molecule has 3 unspecified atom stereocenters. The van der Waals surface area contributed by atoms with Crippen LogP contribution < -0.4 is 0 Å². The zero-order valence-corrected chi connectivity index (χ0v) is 73.7. The molecule has 0 aromatic heterocycles. The summed E-state index contributed by atoms with van der Waals surface area (Å²) in [5.41, 5.74) is 0. The van der Waals surface area contributed by atoms with Gasteiger partial charge in [-0.3, -0.25) is 37.3 Å². The van der Waals surface area contributed by atoms with Gasteiger partial charge in [0.2, 0.25) is 0 Å². The van der Waals surface area contributed by atoms with Crippen molar-refractivity contribution in [3.05, 3.63) is 0 Å². The molecule has 0 aromatic rings. The fraction of sp³-hybridized carbons (Fsp3) is 0.956. The number of carbonyl (C=O) groups is 4. The van der Waals surface area contributed by atoms with E-state index < -0.39 is 97.5 Å². The monoisotopic (exact) mass is 1590 g/mol. The van der Waals surface area contributed by atoms with Crippen molar-refractivity contribution < 1.29 is 80.2 Å². The molecule has 0 radical (unpaired) electrons. The quantitative estimate of drug-likeness (QED) is 0.0222. The molecule has 0 aliphatic rings. The molecule has 0 amide bonds. The molecule has 0 aliphatic carbocycles. The van der Waals surface area contributed by atoms with E-state index in [4.69, 9.17) is 37.0 Å². The largest absolute Gasteiger partial charge is 0.472 e. The van der Waals surface area contributed by atoms with Crippen molar-refractivity contribution in [2.24, 2.45) is 11.8 Å². The number of hydrogen-bond donors (Lipinski definition) is 3.